The molecule has 0 bridgehead atoms. The fraction of sp³-hybridized carbons (Fsp3) is 0.182. The van der Waals surface area contributed by atoms with Crippen LogP contribution in [0.4, 0.5) is 5.69 Å². The highest BCUT2D eigenvalue weighted by Crippen LogP contribution is 2.30. The van der Waals surface area contributed by atoms with Crippen molar-refractivity contribution in [3.8, 4) is 0 Å². The molecule has 1 aromatic carbocycles. The number of para-hydroxylation sites is 1. The van der Waals surface area contributed by atoms with Crippen LogP contribution in [-0.4, -0.2) is 4.98 Å². The second-order valence-electron chi connectivity index (χ2n) is 3.40. The zero-order valence-corrected chi connectivity index (χ0v) is 8.89. The Morgan fingerprint density at radius 3 is 2.71 bits per heavy atom. The lowest BCUT2D eigenvalue weighted by molar-refractivity contribution is 1.24. The molecule has 0 aliphatic carbocycles. The van der Waals surface area contributed by atoms with Crippen LogP contribution < -0.4 is 5.73 Å². The summed E-state index contributed by atoms with van der Waals surface area (Å²) in [6.07, 6.45) is 0. The molecule has 0 amide bonds. The summed E-state index contributed by atoms with van der Waals surface area (Å²) in [5.74, 6) is 0. The lowest BCUT2D eigenvalue weighted by atomic mass is 10.1. The Morgan fingerprint density at radius 1 is 1.29 bits per heavy atom. The van der Waals surface area contributed by atoms with Gasteiger partial charge in [0, 0.05) is 5.39 Å². The number of hydrogen-bond donors (Lipinski definition) is 1. The van der Waals surface area contributed by atoms with Crippen LogP contribution in [-0.2, 0) is 0 Å². The topological polar surface area (TPSA) is 38.9 Å². The van der Waals surface area contributed by atoms with Crippen molar-refractivity contribution < 1.29 is 0 Å². The largest absolute Gasteiger partial charge is 0.397 e. The van der Waals surface area contributed by atoms with E-state index in [2.05, 4.69) is 4.98 Å². The number of nitrogens with zero attached hydrogens (tertiary/aromatic N) is 1. The molecular formula is C11H11ClN2. The molecule has 0 saturated carbocycles. The third kappa shape index (κ3) is 1.23. The summed E-state index contributed by atoms with van der Waals surface area (Å²) < 4.78 is 0. The van der Waals surface area contributed by atoms with Crippen molar-refractivity contribution >= 4 is 28.2 Å². The van der Waals surface area contributed by atoms with Crippen LogP contribution in [0.1, 0.15) is 11.3 Å². The minimum atomic E-state index is 0.558. The Balaban J connectivity index is 2.98. The third-order valence-corrected chi connectivity index (χ3v) is 2.84. The monoisotopic (exact) mass is 206 g/mol. The molecule has 2 aromatic rings. The normalized spacial score (nSPS) is 10.8. The van der Waals surface area contributed by atoms with Gasteiger partial charge in [0.05, 0.1) is 21.9 Å². The Bertz CT molecular complexity index is 506. The number of hydrogen-bond acceptors (Lipinski definition) is 2. The molecule has 2 rings (SSSR count). The van der Waals surface area contributed by atoms with Gasteiger partial charge in [-0.25, -0.2) is 0 Å². The summed E-state index contributed by atoms with van der Waals surface area (Å²) in [5.41, 5.74) is 9.38. The molecule has 0 aliphatic rings. The van der Waals surface area contributed by atoms with E-state index < -0.39 is 0 Å². The van der Waals surface area contributed by atoms with Crippen molar-refractivity contribution in [2.45, 2.75) is 13.8 Å². The number of nitrogen functional groups attached to an aromatic ring is 1. The minimum absolute atomic E-state index is 0.558. The van der Waals surface area contributed by atoms with E-state index in [0.29, 0.717) is 10.7 Å². The van der Waals surface area contributed by atoms with Gasteiger partial charge in [0.2, 0.25) is 0 Å². The van der Waals surface area contributed by atoms with Gasteiger partial charge in [0.1, 0.15) is 0 Å². The smallest absolute Gasteiger partial charge is 0.0854 e. The van der Waals surface area contributed by atoms with Crippen LogP contribution in [0.15, 0.2) is 18.2 Å². The molecule has 0 fully saturated rings. The molecule has 0 atom stereocenters. The molecule has 0 radical (unpaired) electrons. The minimum Gasteiger partial charge on any atom is -0.397 e. The highest BCUT2D eigenvalue weighted by Gasteiger charge is 2.08. The van der Waals surface area contributed by atoms with E-state index in [9.17, 15) is 0 Å². The number of pyridine rings is 1. The summed E-state index contributed by atoms with van der Waals surface area (Å²) in [4.78, 5) is 4.42. The maximum Gasteiger partial charge on any atom is 0.0854 e. The van der Waals surface area contributed by atoms with Gasteiger partial charge in [0.25, 0.3) is 0 Å². The number of aryl methyl sites for hydroxylation is 2. The van der Waals surface area contributed by atoms with Gasteiger partial charge in [-0.05, 0) is 19.4 Å². The van der Waals surface area contributed by atoms with Crippen molar-refractivity contribution in [3.05, 3.63) is 34.5 Å². The van der Waals surface area contributed by atoms with Crippen LogP contribution in [0.2, 0.25) is 5.02 Å². The van der Waals surface area contributed by atoms with E-state index in [4.69, 9.17) is 17.3 Å². The summed E-state index contributed by atoms with van der Waals surface area (Å²) in [5, 5.41) is 1.49. The van der Waals surface area contributed by atoms with Crippen molar-refractivity contribution in [2.24, 2.45) is 0 Å². The molecule has 1 heterocycles. The van der Waals surface area contributed by atoms with Gasteiger partial charge >= 0.3 is 0 Å². The first kappa shape index (κ1) is 9.28. The van der Waals surface area contributed by atoms with Crippen LogP contribution in [0, 0.1) is 13.8 Å². The van der Waals surface area contributed by atoms with E-state index in [0.717, 1.165) is 22.2 Å². The fourth-order valence-corrected chi connectivity index (χ4v) is 1.70. The summed E-state index contributed by atoms with van der Waals surface area (Å²) in [7, 11) is 0. The summed E-state index contributed by atoms with van der Waals surface area (Å²) >= 11 is 6.02. The van der Waals surface area contributed by atoms with Crippen molar-refractivity contribution in [3.63, 3.8) is 0 Å². The van der Waals surface area contributed by atoms with Crippen molar-refractivity contribution in [2.75, 3.05) is 5.73 Å². The average molecular weight is 207 g/mol. The molecule has 72 valence electrons. The Morgan fingerprint density at radius 2 is 2.00 bits per heavy atom. The lowest BCUT2D eigenvalue weighted by Gasteiger charge is -2.08. The SMILES string of the molecule is Cc1nc2c(C)cccc2c(N)c1Cl. The first-order valence-electron chi connectivity index (χ1n) is 4.42. The predicted octanol–water partition coefficient (Wildman–Crippen LogP) is 3.09. The molecule has 0 unspecified atom stereocenters. The van der Waals surface area contributed by atoms with Gasteiger partial charge in [-0.3, -0.25) is 4.98 Å². The molecule has 2 N–H and O–H groups in total. The van der Waals surface area contributed by atoms with E-state index in [1.54, 1.807) is 0 Å². The fourth-order valence-electron chi connectivity index (χ4n) is 1.55. The van der Waals surface area contributed by atoms with E-state index in [-0.39, 0.29) is 0 Å². The maximum atomic E-state index is 6.02. The Labute approximate surface area is 87.7 Å². The van der Waals surface area contributed by atoms with Gasteiger partial charge in [0.15, 0.2) is 0 Å². The second kappa shape index (κ2) is 3.14. The Kier molecular flexibility index (Phi) is 2.08. The summed E-state index contributed by atoms with van der Waals surface area (Å²) in [6, 6.07) is 5.92. The molecule has 2 nitrogen and oxygen atoms in total. The molecule has 0 aliphatic heterocycles. The zero-order valence-electron chi connectivity index (χ0n) is 8.13. The van der Waals surface area contributed by atoms with E-state index >= 15 is 0 Å². The lowest BCUT2D eigenvalue weighted by Crippen LogP contribution is -1.95. The van der Waals surface area contributed by atoms with Crippen molar-refractivity contribution in [1.29, 1.82) is 0 Å². The average Bonchev–Trinajstić information content (AvgIpc) is 2.17. The van der Waals surface area contributed by atoms with Gasteiger partial charge < -0.3 is 5.73 Å². The zero-order chi connectivity index (χ0) is 10.3. The standard InChI is InChI=1S/C11H11ClN2/c1-6-4-3-5-8-10(13)9(12)7(2)14-11(6)8/h3-5H,1-2H3,(H2,13,14). The quantitative estimate of drug-likeness (QED) is 0.720. The second-order valence-corrected chi connectivity index (χ2v) is 3.77. The third-order valence-electron chi connectivity index (χ3n) is 2.36. The number of benzene rings is 1. The van der Waals surface area contributed by atoms with Crippen LogP contribution >= 0.6 is 11.6 Å². The number of rotatable bonds is 0. The molecule has 14 heavy (non-hydrogen) atoms. The van der Waals surface area contributed by atoms with Crippen LogP contribution in [0.25, 0.3) is 10.9 Å². The van der Waals surface area contributed by atoms with E-state index in [1.165, 1.54) is 0 Å². The van der Waals surface area contributed by atoms with Crippen molar-refractivity contribution in [1.82, 2.24) is 4.98 Å². The molecule has 3 heteroatoms. The molecule has 1 aromatic heterocycles. The van der Waals surface area contributed by atoms with Gasteiger partial charge in [-0.15, -0.1) is 0 Å². The van der Waals surface area contributed by atoms with Crippen LogP contribution in [0.3, 0.4) is 0 Å². The van der Waals surface area contributed by atoms with Gasteiger partial charge in [-0.2, -0.15) is 0 Å². The summed E-state index contributed by atoms with van der Waals surface area (Å²) in [6.45, 7) is 3.88. The van der Waals surface area contributed by atoms with Crippen LogP contribution in [0.5, 0.6) is 0 Å². The van der Waals surface area contributed by atoms with Gasteiger partial charge in [-0.1, -0.05) is 29.8 Å². The first-order valence-corrected chi connectivity index (χ1v) is 4.80. The Hall–Kier alpha value is -1.28. The predicted molar refractivity (Wildman–Crippen MR) is 60.6 cm³/mol. The highest BCUT2D eigenvalue weighted by molar-refractivity contribution is 6.35. The number of aromatic nitrogens is 1. The number of nitrogens with two attached hydrogens (primary N) is 1. The molecule has 0 saturated heterocycles. The molecule has 0 spiro atoms. The van der Waals surface area contributed by atoms with E-state index in [1.807, 2.05) is 32.0 Å². The number of halogens is 1. The number of anilines is 1. The maximum absolute atomic E-state index is 6.02. The highest BCUT2D eigenvalue weighted by atomic mass is 35.5. The molecular weight excluding hydrogens is 196 g/mol. The first-order chi connectivity index (χ1) is 6.61. The number of fused-ring (bicyclic) bond motifs is 1.